The predicted molar refractivity (Wildman–Crippen MR) is 179 cm³/mol. The molecule has 208 valence electrons. The Labute approximate surface area is 255 Å². The van der Waals surface area contributed by atoms with Gasteiger partial charge in [-0.15, -0.1) is 0 Å². The van der Waals surface area contributed by atoms with Gasteiger partial charge in [0.1, 0.15) is 11.6 Å². The van der Waals surface area contributed by atoms with Crippen LogP contribution in [0.15, 0.2) is 164 Å². The zero-order valence-corrected chi connectivity index (χ0v) is 23.8. The van der Waals surface area contributed by atoms with Crippen molar-refractivity contribution in [3.8, 4) is 50.8 Å². The molecular formula is C40H27N3O. The second-order valence-corrected chi connectivity index (χ2v) is 10.7. The third kappa shape index (κ3) is 4.79. The van der Waals surface area contributed by atoms with E-state index in [1.54, 1.807) is 6.20 Å². The molecule has 0 amide bonds. The molecule has 0 radical (unpaired) electrons. The van der Waals surface area contributed by atoms with Gasteiger partial charge in [0, 0.05) is 29.2 Å². The van der Waals surface area contributed by atoms with Crippen LogP contribution in [0, 0.1) is 0 Å². The van der Waals surface area contributed by atoms with Crippen LogP contribution in [0.4, 0.5) is 0 Å². The summed E-state index contributed by atoms with van der Waals surface area (Å²) in [4.78, 5) is 9.14. The number of pyridine rings is 2. The molecule has 44 heavy (non-hydrogen) atoms. The van der Waals surface area contributed by atoms with Crippen molar-refractivity contribution >= 4 is 21.8 Å². The van der Waals surface area contributed by atoms with Crippen LogP contribution < -0.4 is 4.74 Å². The van der Waals surface area contributed by atoms with Gasteiger partial charge in [-0.2, -0.15) is 0 Å². The molecule has 0 spiro atoms. The number of nitrogens with zero attached hydrogens (tertiary/aromatic N) is 3. The molecule has 8 rings (SSSR count). The third-order valence-corrected chi connectivity index (χ3v) is 7.96. The first-order valence-electron chi connectivity index (χ1n) is 14.6. The first-order chi connectivity index (χ1) is 21.8. The molecule has 0 unspecified atom stereocenters. The van der Waals surface area contributed by atoms with Gasteiger partial charge in [-0.05, 0) is 88.0 Å². The first-order valence-corrected chi connectivity index (χ1v) is 14.6. The van der Waals surface area contributed by atoms with Crippen LogP contribution in [0.1, 0.15) is 0 Å². The quantitative estimate of drug-likeness (QED) is 0.201. The zero-order valence-electron chi connectivity index (χ0n) is 23.8. The standard InChI is InChI=1S/C40H27N3O/c1-3-11-28(12-4-1)30-18-20-37-36(26-30)35-19-17-31(27-38(35)43(37)39-15-7-9-21-41-39)33-23-32(29-13-5-2-6-14-29)24-34(25-33)44-40-16-8-10-22-42-40/h1-27H. The van der Waals surface area contributed by atoms with Crippen LogP contribution in [0.2, 0.25) is 0 Å². The van der Waals surface area contributed by atoms with Crippen LogP contribution in [-0.2, 0) is 0 Å². The van der Waals surface area contributed by atoms with Crippen LogP contribution >= 0.6 is 0 Å². The number of rotatable bonds is 6. The summed E-state index contributed by atoms with van der Waals surface area (Å²) in [6.07, 6.45) is 3.59. The SMILES string of the molecule is c1ccc(-c2cc(Oc3ccccn3)cc(-c3ccc4c5cc(-c6ccccc6)ccc5n(-c5ccccn5)c4c3)c2)cc1. The van der Waals surface area contributed by atoms with E-state index in [1.165, 1.54) is 21.9 Å². The van der Waals surface area contributed by atoms with E-state index >= 15 is 0 Å². The summed E-state index contributed by atoms with van der Waals surface area (Å²) in [7, 11) is 0. The fraction of sp³-hybridized carbons (Fsp3) is 0. The highest BCUT2D eigenvalue weighted by molar-refractivity contribution is 6.11. The summed E-state index contributed by atoms with van der Waals surface area (Å²) in [6, 6.07) is 52.4. The molecule has 4 nitrogen and oxygen atoms in total. The van der Waals surface area contributed by atoms with Crippen molar-refractivity contribution in [1.29, 1.82) is 0 Å². The number of ether oxygens (including phenoxy) is 1. The van der Waals surface area contributed by atoms with Crippen molar-refractivity contribution in [3.63, 3.8) is 0 Å². The average molecular weight is 566 g/mol. The molecule has 3 heterocycles. The summed E-state index contributed by atoms with van der Waals surface area (Å²) in [5.41, 5.74) is 8.94. The van der Waals surface area contributed by atoms with E-state index < -0.39 is 0 Å². The van der Waals surface area contributed by atoms with Gasteiger partial charge in [-0.25, -0.2) is 9.97 Å². The van der Waals surface area contributed by atoms with Crippen LogP contribution in [0.5, 0.6) is 11.6 Å². The van der Waals surface area contributed by atoms with Gasteiger partial charge in [-0.1, -0.05) is 91.0 Å². The Bertz CT molecular complexity index is 2230. The topological polar surface area (TPSA) is 39.9 Å². The van der Waals surface area contributed by atoms with E-state index in [-0.39, 0.29) is 0 Å². The molecule has 8 aromatic rings. The van der Waals surface area contributed by atoms with Crippen molar-refractivity contribution in [2.24, 2.45) is 0 Å². The summed E-state index contributed by atoms with van der Waals surface area (Å²) < 4.78 is 8.52. The van der Waals surface area contributed by atoms with E-state index in [0.717, 1.165) is 44.9 Å². The molecular weight excluding hydrogens is 538 g/mol. The molecule has 0 fully saturated rings. The second-order valence-electron chi connectivity index (χ2n) is 10.7. The molecule has 5 aromatic carbocycles. The van der Waals surface area contributed by atoms with E-state index in [0.29, 0.717) is 5.88 Å². The summed E-state index contributed by atoms with van der Waals surface area (Å²) in [5.74, 6) is 2.18. The normalized spacial score (nSPS) is 11.2. The van der Waals surface area contributed by atoms with E-state index in [1.807, 2.05) is 42.6 Å². The van der Waals surface area contributed by atoms with Crippen LogP contribution in [0.25, 0.3) is 61.0 Å². The molecule has 0 bridgehead atoms. The minimum absolute atomic E-state index is 0.559. The van der Waals surface area contributed by atoms with Crippen molar-refractivity contribution in [2.75, 3.05) is 0 Å². The highest BCUT2D eigenvalue weighted by Gasteiger charge is 2.16. The smallest absolute Gasteiger partial charge is 0.219 e. The minimum Gasteiger partial charge on any atom is -0.439 e. The van der Waals surface area contributed by atoms with Crippen molar-refractivity contribution in [2.45, 2.75) is 0 Å². The van der Waals surface area contributed by atoms with Crippen LogP contribution in [0.3, 0.4) is 0 Å². The fourth-order valence-electron chi connectivity index (χ4n) is 5.89. The lowest BCUT2D eigenvalue weighted by molar-refractivity contribution is 0.463. The second kappa shape index (κ2) is 11.0. The van der Waals surface area contributed by atoms with E-state index in [2.05, 4.69) is 125 Å². The summed E-state index contributed by atoms with van der Waals surface area (Å²) in [6.45, 7) is 0. The molecule has 0 saturated carbocycles. The van der Waals surface area contributed by atoms with Gasteiger partial charge >= 0.3 is 0 Å². The molecule has 4 heteroatoms. The zero-order chi connectivity index (χ0) is 29.3. The Balaban J connectivity index is 1.33. The Morgan fingerprint density at radius 3 is 1.75 bits per heavy atom. The number of hydrogen-bond acceptors (Lipinski definition) is 3. The third-order valence-electron chi connectivity index (χ3n) is 7.96. The molecule has 0 aliphatic heterocycles. The Kier molecular flexibility index (Phi) is 6.43. The molecule has 0 atom stereocenters. The summed E-state index contributed by atoms with van der Waals surface area (Å²) in [5, 5.41) is 2.37. The van der Waals surface area contributed by atoms with E-state index in [9.17, 15) is 0 Å². The van der Waals surface area contributed by atoms with Crippen molar-refractivity contribution in [3.05, 3.63) is 164 Å². The lowest BCUT2D eigenvalue weighted by Gasteiger charge is -2.12. The molecule has 3 aromatic heterocycles. The number of aromatic nitrogens is 3. The van der Waals surface area contributed by atoms with E-state index in [4.69, 9.17) is 9.72 Å². The van der Waals surface area contributed by atoms with Crippen molar-refractivity contribution < 1.29 is 4.74 Å². The highest BCUT2D eigenvalue weighted by Crippen LogP contribution is 2.38. The maximum atomic E-state index is 6.26. The molecule has 0 aliphatic rings. The number of benzene rings is 5. The molecule has 0 saturated heterocycles. The Morgan fingerprint density at radius 2 is 1.05 bits per heavy atom. The lowest BCUT2D eigenvalue weighted by Crippen LogP contribution is -1.96. The average Bonchev–Trinajstić information content (AvgIpc) is 3.43. The number of fused-ring (bicyclic) bond motifs is 3. The monoisotopic (exact) mass is 565 g/mol. The van der Waals surface area contributed by atoms with Gasteiger partial charge in [0.05, 0.1) is 11.0 Å². The molecule has 0 N–H and O–H groups in total. The lowest BCUT2D eigenvalue weighted by atomic mass is 9.97. The van der Waals surface area contributed by atoms with Gasteiger partial charge in [-0.3, -0.25) is 4.57 Å². The van der Waals surface area contributed by atoms with Gasteiger partial charge < -0.3 is 4.74 Å². The van der Waals surface area contributed by atoms with Gasteiger partial charge in [0.15, 0.2) is 0 Å². The van der Waals surface area contributed by atoms with Crippen molar-refractivity contribution in [1.82, 2.24) is 14.5 Å². The highest BCUT2D eigenvalue weighted by atomic mass is 16.5. The fourth-order valence-corrected chi connectivity index (χ4v) is 5.89. The Hall–Kier alpha value is -6.00. The minimum atomic E-state index is 0.559. The maximum absolute atomic E-state index is 6.26. The maximum Gasteiger partial charge on any atom is 0.219 e. The largest absolute Gasteiger partial charge is 0.439 e. The number of hydrogen-bond donors (Lipinski definition) is 0. The first kappa shape index (κ1) is 25.7. The van der Waals surface area contributed by atoms with Gasteiger partial charge in [0.2, 0.25) is 5.88 Å². The van der Waals surface area contributed by atoms with Crippen LogP contribution in [-0.4, -0.2) is 14.5 Å². The molecule has 0 aliphatic carbocycles. The predicted octanol–water partition coefficient (Wildman–Crippen LogP) is 10.4. The Morgan fingerprint density at radius 1 is 0.409 bits per heavy atom. The summed E-state index contributed by atoms with van der Waals surface area (Å²) >= 11 is 0. The van der Waals surface area contributed by atoms with Gasteiger partial charge in [0.25, 0.3) is 0 Å².